The Bertz CT molecular complexity index is 990. The van der Waals surface area contributed by atoms with Crippen LogP contribution < -0.4 is 5.32 Å². The zero-order valence-corrected chi connectivity index (χ0v) is 16.5. The van der Waals surface area contributed by atoms with Crippen LogP contribution in [0.4, 0.5) is 5.69 Å². The van der Waals surface area contributed by atoms with Crippen LogP contribution >= 0.6 is 23.2 Å². The van der Waals surface area contributed by atoms with Gasteiger partial charge in [-0.1, -0.05) is 29.3 Å². The number of nitrogens with one attached hydrogen (secondary N) is 1. The molecule has 0 radical (unpaired) electrons. The number of anilines is 1. The Morgan fingerprint density at radius 1 is 1.22 bits per heavy atom. The smallest absolute Gasteiger partial charge is 0.248 e. The van der Waals surface area contributed by atoms with Crippen LogP contribution in [-0.2, 0) is 17.9 Å². The Kier molecular flexibility index (Phi) is 5.98. The zero-order valence-electron chi connectivity index (χ0n) is 15.0. The molecule has 27 heavy (non-hydrogen) atoms. The van der Waals surface area contributed by atoms with Crippen molar-refractivity contribution in [1.29, 1.82) is 0 Å². The summed E-state index contributed by atoms with van der Waals surface area (Å²) in [6, 6.07) is 5.43. The molecule has 2 heterocycles. The fourth-order valence-electron chi connectivity index (χ4n) is 2.63. The molecule has 8 heteroatoms. The molecule has 1 aromatic carbocycles. The Balaban J connectivity index is 1.61. The molecule has 2 aromatic heterocycles. The lowest BCUT2D eigenvalue weighted by Crippen LogP contribution is -2.07. The van der Waals surface area contributed by atoms with E-state index in [0.29, 0.717) is 22.3 Å². The van der Waals surface area contributed by atoms with Gasteiger partial charge in [0.25, 0.3) is 0 Å². The van der Waals surface area contributed by atoms with Crippen LogP contribution in [0, 0.1) is 6.92 Å². The highest BCUT2D eigenvalue weighted by Gasteiger charge is 2.06. The van der Waals surface area contributed by atoms with Crippen molar-refractivity contribution in [3.63, 3.8) is 0 Å². The van der Waals surface area contributed by atoms with Crippen molar-refractivity contribution in [1.82, 2.24) is 19.6 Å². The summed E-state index contributed by atoms with van der Waals surface area (Å²) in [5.74, 6) is -0.229. The summed E-state index contributed by atoms with van der Waals surface area (Å²) >= 11 is 12.0. The number of aryl methyl sites for hydroxylation is 1. The van der Waals surface area contributed by atoms with Crippen molar-refractivity contribution in [2.45, 2.75) is 26.9 Å². The highest BCUT2D eigenvalue weighted by atomic mass is 35.5. The number of halogens is 2. The summed E-state index contributed by atoms with van der Waals surface area (Å²) in [6.07, 6.45) is 8.35. The first-order valence-electron chi connectivity index (χ1n) is 8.44. The van der Waals surface area contributed by atoms with Crippen LogP contribution in [-0.4, -0.2) is 25.5 Å². The molecule has 3 aromatic rings. The minimum atomic E-state index is -0.229. The van der Waals surface area contributed by atoms with Gasteiger partial charge < -0.3 is 5.32 Å². The number of amides is 1. The van der Waals surface area contributed by atoms with Crippen LogP contribution in [0.3, 0.4) is 0 Å². The molecule has 3 rings (SSSR count). The lowest BCUT2D eigenvalue weighted by molar-refractivity contribution is -0.111. The van der Waals surface area contributed by atoms with Crippen LogP contribution in [0.1, 0.15) is 23.7 Å². The number of aromatic nitrogens is 4. The number of benzene rings is 1. The summed E-state index contributed by atoms with van der Waals surface area (Å²) < 4.78 is 3.60. The molecule has 0 unspecified atom stereocenters. The van der Waals surface area contributed by atoms with Gasteiger partial charge in [-0.2, -0.15) is 10.2 Å². The summed E-state index contributed by atoms with van der Waals surface area (Å²) in [7, 11) is 0. The second kappa shape index (κ2) is 8.41. The topological polar surface area (TPSA) is 64.7 Å². The molecule has 0 aliphatic rings. The molecule has 0 atom stereocenters. The molecule has 0 aliphatic carbocycles. The monoisotopic (exact) mass is 403 g/mol. The van der Waals surface area contributed by atoms with Gasteiger partial charge in [-0.3, -0.25) is 14.2 Å². The van der Waals surface area contributed by atoms with Crippen molar-refractivity contribution < 1.29 is 4.79 Å². The highest BCUT2D eigenvalue weighted by Crippen LogP contribution is 2.23. The minimum absolute atomic E-state index is 0.229. The maximum Gasteiger partial charge on any atom is 0.248 e. The van der Waals surface area contributed by atoms with Gasteiger partial charge in [-0.15, -0.1) is 0 Å². The molecular formula is C19H19Cl2N5O. The first kappa shape index (κ1) is 19.2. The van der Waals surface area contributed by atoms with Gasteiger partial charge in [0, 0.05) is 30.1 Å². The molecule has 0 spiro atoms. The fourth-order valence-corrected chi connectivity index (χ4v) is 2.95. The molecule has 6 nitrogen and oxygen atoms in total. The molecular weight excluding hydrogens is 385 g/mol. The van der Waals surface area contributed by atoms with Gasteiger partial charge >= 0.3 is 0 Å². The number of nitrogens with zero attached hydrogens (tertiary/aromatic N) is 4. The van der Waals surface area contributed by atoms with Gasteiger partial charge in [-0.05, 0) is 37.6 Å². The molecule has 0 saturated heterocycles. The maximum absolute atomic E-state index is 12.1. The van der Waals surface area contributed by atoms with E-state index in [9.17, 15) is 4.79 Å². The van der Waals surface area contributed by atoms with Gasteiger partial charge in [0.1, 0.15) is 0 Å². The average Bonchev–Trinajstić information content (AvgIpc) is 3.22. The zero-order chi connectivity index (χ0) is 19.4. The van der Waals surface area contributed by atoms with E-state index in [1.54, 1.807) is 41.5 Å². The Morgan fingerprint density at radius 2 is 2.04 bits per heavy atom. The number of hydrogen-bond acceptors (Lipinski definition) is 3. The lowest BCUT2D eigenvalue weighted by atomic mass is 10.2. The molecule has 0 saturated carbocycles. The van der Waals surface area contributed by atoms with Crippen molar-refractivity contribution >= 4 is 40.9 Å². The van der Waals surface area contributed by atoms with Crippen LogP contribution in [0.5, 0.6) is 0 Å². The van der Waals surface area contributed by atoms with E-state index in [2.05, 4.69) is 15.5 Å². The normalized spacial score (nSPS) is 11.3. The van der Waals surface area contributed by atoms with Crippen LogP contribution in [0.2, 0.25) is 10.0 Å². The first-order chi connectivity index (χ1) is 13.0. The van der Waals surface area contributed by atoms with Crippen molar-refractivity contribution in [3.05, 3.63) is 69.7 Å². The summed E-state index contributed by atoms with van der Waals surface area (Å²) in [4.78, 5) is 12.1. The maximum atomic E-state index is 12.1. The van der Waals surface area contributed by atoms with Crippen molar-refractivity contribution in [3.8, 4) is 0 Å². The summed E-state index contributed by atoms with van der Waals surface area (Å²) in [5.41, 5.74) is 3.53. The molecule has 1 amide bonds. The fraction of sp³-hybridized carbons (Fsp3) is 0.211. The Morgan fingerprint density at radius 3 is 2.74 bits per heavy atom. The SMILES string of the molecule is CCn1ncc(C=CC(=O)Nc2cnn(Cc3ccc(Cl)c(Cl)c3)c2)c1C. The Hall–Kier alpha value is -2.57. The standard InChI is InChI=1S/C19H19Cl2N5O/c1-3-26-13(2)15(9-23-26)5-7-19(27)24-16-10-22-25(12-16)11-14-4-6-17(20)18(21)8-14/h4-10,12H,3,11H2,1-2H3,(H,24,27). The third-order valence-corrected chi connectivity index (χ3v) is 4.82. The molecule has 140 valence electrons. The minimum Gasteiger partial charge on any atom is -0.320 e. The molecule has 0 aliphatic heterocycles. The molecule has 0 bridgehead atoms. The number of carbonyl (C=O) groups excluding carboxylic acids is 1. The average molecular weight is 404 g/mol. The van der Waals surface area contributed by atoms with Crippen LogP contribution in [0.15, 0.2) is 42.9 Å². The second-order valence-corrected chi connectivity index (χ2v) is 6.81. The van der Waals surface area contributed by atoms with E-state index in [4.69, 9.17) is 23.2 Å². The van der Waals surface area contributed by atoms with E-state index < -0.39 is 0 Å². The summed E-state index contributed by atoms with van der Waals surface area (Å²) in [6.45, 7) is 5.32. The van der Waals surface area contributed by atoms with Crippen LogP contribution in [0.25, 0.3) is 6.08 Å². The van der Waals surface area contributed by atoms with E-state index in [1.165, 1.54) is 6.08 Å². The van der Waals surface area contributed by atoms with Gasteiger partial charge in [0.05, 0.1) is 34.7 Å². The van der Waals surface area contributed by atoms with E-state index in [-0.39, 0.29) is 5.91 Å². The van der Waals surface area contributed by atoms with E-state index >= 15 is 0 Å². The quantitative estimate of drug-likeness (QED) is 0.619. The number of rotatable bonds is 6. The Labute approximate surface area is 167 Å². The predicted molar refractivity (Wildman–Crippen MR) is 108 cm³/mol. The molecule has 1 N–H and O–H groups in total. The highest BCUT2D eigenvalue weighted by molar-refractivity contribution is 6.42. The summed E-state index contributed by atoms with van der Waals surface area (Å²) in [5, 5.41) is 12.3. The molecule has 0 fully saturated rings. The first-order valence-corrected chi connectivity index (χ1v) is 9.19. The second-order valence-electron chi connectivity index (χ2n) is 6.00. The van der Waals surface area contributed by atoms with E-state index in [0.717, 1.165) is 23.4 Å². The van der Waals surface area contributed by atoms with Crippen molar-refractivity contribution in [2.24, 2.45) is 0 Å². The van der Waals surface area contributed by atoms with E-state index in [1.807, 2.05) is 24.6 Å². The number of carbonyl (C=O) groups is 1. The third-order valence-electron chi connectivity index (χ3n) is 4.08. The lowest BCUT2D eigenvalue weighted by Gasteiger charge is -2.03. The number of hydrogen-bond donors (Lipinski definition) is 1. The third kappa shape index (κ3) is 4.78. The van der Waals surface area contributed by atoms with Gasteiger partial charge in [-0.25, -0.2) is 0 Å². The van der Waals surface area contributed by atoms with Gasteiger partial charge in [0.2, 0.25) is 5.91 Å². The largest absolute Gasteiger partial charge is 0.320 e. The van der Waals surface area contributed by atoms with Gasteiger partial charge in [0.15, 0.2) is 0 Å². The predicted octanol–water partition coefficient (Wildman–Crippen LogP) is 4.41. The van der Waals surface area contributed by atoms with Crippen molar-refractivity contribution in [2.75, 3.05) is 5.32 Å².